The molecule has 0 aromatic rings. The molecule has 0 saturated heterocycles. The summed E-state index contributed by atoms with van der Waals surface area (Å²) >= 11 is 0. The second-order valence-electron chi connectivity index (χ2n) is 21.0. The van der Waals surface area contributed by atoms with E-state index in [2.05, 4.69) is 69.4 Å². The Morgan fingerprint density at radius 3 is 0.845 bits per heavy atom. The lowest BCUT2D eigenvalue weighted by atomic mass is 10.0. The van der Waals surface area contributed by atoms with Crippen molar-refractivity contribution in [2.75, 3.05) is 13.2 Å². The van der Waals surface area contributed by atoms with Gasteiger partial charge >= 0.3 is 17.9 Å². The molecule has 0 amide bonds. The van der Waals surface area contributed by atoms with Gasteiger partial charge in [-0.15, -0.1) is 0 Å². The van der Waals surface area contributed by atoms with Crippen molar-refractivity contribution in [2.45, 2.75) is 335 Å². The average molecular weight is 996 g/mol. The predicted molar refractivity (Wildman–Crippen MR) is 307 cm³/mol. The highest BCUT2D eigenvalue weighted by Crippen LogP contribution is 2.17. The third kappa shape index (κ3) is 58.1. The topological polar surface area (TPSA) is 78.9 Å². The van der Waals surface area contributed by atoms with E-state index >= 15 is 0 Å². The number of esters is 3. The van der Waals surface area contributed by atoms with Crippen LogP contribution in [0.15, 0.2) is 48.6 Å². The van der Waals surface area contributed by atoms with Crippen LogP contribution < -0.4 is 0 Å². The minimum Gasteiger partial charge on any atom is -0.462 e. The van der Waals surface area contributed by atoms with Crippen molar-refractivity contribution in [3.63, 3.8) is 0 Å². The zero-order valence-corrected chi connectivity index (χ0v) is 47.5. The fourth-order valence-electron chi connectivity index (χ4n) is 9.14. The average Bonchev–Trinajstić information content (AvgIpc) is 3.37. The largest absolute Gasteiger partial charge is 0.462 e. The lowest BCUT2D eigenvalue weighted by Gasteiger charge is -2.18. The van der Waals surface area contributed by atoms with Gasteiger partial charge in [0.15, 0.2) is 6.10 Å². The highest BCUT2D eigenvalue weighted by atomic mass is 16.6. The van der Waals surface area contributed by atoms with E-state index in [0.717, 1.165) is 64.2 Å². The number of allylic oxidation sites excluding steroid dienone is 8. The molecule has 0 N–H and O–H groups in total. The molecule has 0 radical (unpaired) electrons. The number of carbonyl (C=O) groups is 3. The first kappa shape index (κ1) is 68.4. The zero-order valence-electron chi connectivity index (χ0n) is 47.5. The van der Waals surface area contributed by atoms with Crippen LogP contribution in [-0.2, 0) is 28.6 Å². The quantitative estimate of drug-likeness (QED) is 0.0261. The molecule has 0 unspecified atom stereocenters. The third-order valence-electron chi connectivity index (χ3n) is 13.8. The summed E-state index contributed by atoms with van der Waals surface area (Å²) in [5.74, 6) is -0.923. The summed E-state index contributed by atoms with van der Waals surface area (Å²) in [6.07, 6.45) is 74.0. The highest BCUT2D eigenvalue weighted by Gasteiger charge is 2.19. The first-order valence-corrected chi connectivity index (χ1v) is 31.1. The summed E-state index contributed by atoms with van der Waals surface area (Å²) in [5.41, 5.74) is 0. The van der Waals surface area contributed by atoms with E-state index in [4.69, 9.17) is 14.2 Å². The van der Waals surface area contributed by atoms with Crippen LogP contribution in [0.2, 0.25) is 0 Å². The molecule has 0 aliphatic heterocycles. The molecule has 0 aromatic heterocycles. The van der Waals surface area contributed by atoms with Gasteiger partial charge < -0.3 is 14.2 Å². The van der Waals surface area contributed by atoms with Gasteiger partial charge in [0.05, 0.1) is 0 Å². The maximum Gasteiger partial charge on any atom is 0.306 e. The Morgan fingerprint density at radius 1 is 0.282 bits per heavy atom. The Morgan fingerprint density at radius 2 is 0.521 bits per heavy atom. The van der Waals surface area contributed by atoms with Gasteiger partial charge in [-0.05, 0) is 57.8 Å². The number of hydrogen-bond donors (Lipinski definition) is 0. The molecule has 0 aromatic carbocycles. The van der Waals surface area contributed by atoms with Gasteiger partial charge in [-0.3, -0.25) is 14.4 Å². The van der Waals surface area contributed by atoms with Gasteiger partial charge in [0.25, 0.3) is 0 Å². The van der Waals surface area contributed by atoms with Crippen molar-refractivity contribution in [2.24, 2.45) is 0 Å². The van der Waals surface area contributed by atoms with Crippen LogP contribution in [0.1, 0.15) is 329 Å². The van der Waals surface area contributed by atoms with Gasteiger partial charge in [-0.25, -0.2) is 0 Å². The summed E-state index contributed by atoms with van der Waals surface area (Å²) in [4.78, 5) is 38.2. The lowest BCUT2D eigenvalue weighted by molar-refractivity contribution is -0.167. The van der Waals surface area contributed by atoms with E-state index in [1.54, 1.807) is 0 Å². The Hall–Kier alpha value is -2.63. The fraction of sp³-hybridized carbons (Fsp3) is 0.831. The molecule has 414 valence electrons. The van der Waals surface area contributed by atoms with Crippen LogP contribution in [0.5, 0.6) is 0 Å². The summed E-state index contributed by atoms with van der Waals surface area (Å²) in [6, 6.07) is 0. The van der Waals surface area contributed by atoms with E-state index in [1.165, 1.54) is 218 Å². The van der Waals surface area contributed by atoms with Crippen molar-refractivity contribution in [1.82, 2.24) is 0 Å². The van der Waals surface area contributed by atoms with Crippen LogP contribution in [0.4, 0.5) is 0 Å². The smallest absolute Gasteiger partial charge is 0.306 e. The third-order valence-corrected chi connectivity index (χ3v) is 13.8. The van der Waals surface area contributed by atoms with Crippen LogP contribution in [0.25, 0.3) is 0 Å². The minimum absolute atomic E-state index is 0.0852. The van der Waals surface area contributed by atoms with Crippen molar-refractivity contribution < 1.29 is 28.6 Å². The summed E-state index contributed by atoms with van der Waals surface area (Å²) < 4.78 is 16.9. The van der Waals surface area contributed by atoms with E-state index < -0.39 is 6.10 Å². The molecule has 0 heterocycles. The van der Waals surface area contributed by atoms with Crippen molar-refractivity contribution in [1.29, 1.82) is 0 Å². The summed E-state index contributed by atoms with van der Waals surface area (Å²) in [5, 5.41) is 0. The van der Waals surface area contributed by atoms with Gasteiger partial charge in [0, 0.05) is 19.3 Å². The molecule has 0 aliphatic carbocycles. The van der Waals surface area contributed by atoms with E-state index in [-0.39, 0.29) is 37.5 Å². The second kappa shape index (κ2) is 59.9. The molecular weight excluding hydrogens is 877 g/mol. The number of hydrogen-bond acceptors (Lipinski definition) is 6. The maximum atomic E-state index is 12.9. The van der Waals surface area contributed by atoms with E-state index in [1.807, 2.05) is 0 Å². The normalized spacial score (nSPS) is 12.3. The number of rotatable bonds is 57. The standard InChI is InChI=1S/C65H118O6/c1-4-7-10-13-16-19-22-25-28-30-31-32-33-35-38-41-44-47-50-53-56-59-65(68)71-62(60-69-63(66)57-54-51-48-45-42-39-36-27-24-21-18-15-12-9-6-3)61-70-64(67)58-55-52-49-46-43-40-37-34-29-26-23-20-17-14-11-8-5-2/h17,20,26,29,37,40,46,49,62H,4-16,18-19,21-25,27-28,30-36,38-39,41-45,47-48,50-61H2,1-3H3/b20-17-,29-26-,40-37-,49-46-/t62-/m0/s1. The number of carbonyl (C=O) groups excluding carboxylic acids is 3. The molecular formula is C65H118O6. The molecule has 71 heavy (non-hydrogen) atoms. The Balaban J connectivity index is 4.38. The zero-order chi connectivity index (χ0) is 51.4. The minimum atomic E-state index is -0.792. The molecule has 0 fully saturated rings. The van der Waals surface area contributed by atoms with Gasteiger partial charge in [0.1, 0.15) is 13.2 Å². The second-order valence-corrected chi connectivity index (χ2v) is 21.0. The molecule has 0 bridgehead atoms. The monoisotopic (exact) mass is 995 g/mol. The molecule has 0 rings (SSSR count). The van der Waals surface area contributed by atoms with Crippen molar-refractivity contribution in [3.8, 4) is 0 Å². The molecule has 0 aliphatic rings. The van der Waals surface area contributed by atoms with Crippen molar-refractivity contribution >= 4 is 17.9 Å². The SMILES string of the molecule is CCCCC/C=C\C/C=C\C/C=C\C/C=C\CCCC(=O)OC[C@H](COC(=O)CCCCCCCCCCCCCCCCC)OC(=O)CCCCCCCCCCCCCCCCCCCCCCC. The maximum absolute atomic E-state index is 12.9. The Bertz CT molecular complexity index is 1230. The molecule has 6 nitrogen and oxygen atoms in total. The van der Waals surface area contributed by atoms with E-state index in [0.29, 0.717) is 19.3 Å². The highest BCUT2D eigenvalue weighted by molar-refractivity contribution is 5.71. The van der Waals surface area contributed by atoms with Gasteiger partial charge in [-0.2, -0.15) is 0 Å². The fourth-order valence-corrected chi connectivity index (χ4v) is 9.14. The first-order valence-electron chi connectivity index (χ1n) is 31.1. The van der Waals surface area contributed by atoms with Crippen molar-refractivity contribution in [3.05, 3.63) is 48.6 Å². The molecule has 0 saturated carbocycles. The van der Waals surface area contributed by atoms with Gasteiger partial charge in [-0.1, -0.05) is 301 Å². The van der Waals surface area contributed by atoms with Crippen LogP contribution in [-0.4, -0.2) is 37.2 Å². The van der Waals surface area contributed by atoms with Crippen LogP contribution in [0, 0.1) is 0 Å². The number of ether oxygens (including phenoxy) is 3. The van der Waals surface area contributed by atoms with Crippen LogP contribution in [0.3, 0.4) is 0 Å². The van der Waals surface area contributed by atoms with E-state index in [9.17, 15) is 14.4 Å². The first-order chi connectivity index (χ1) is 35.0. The van der Waals surface area contributed by atoms with Crippen LogP contribution >= 0.6 is 0 Å². The molecule has 6 heteroatoms. The number of unbranched alkanes of at least 4 members (excludes halogenated alkanes) is 38. The Labute approximate surface area is 441 Å². The Kier molecular flexibility index (Phi) is 57.7. The van der Waals surface area contributed by atoms with Gasteiger partial charge in [0.2, 0.25) is 0 Å². The predicted octanol–water partition coefficient (Wildman–Crippen LogP) is 21.0. The summed E-state index contributed by atoms with van der Waals surface area (Å²) in [7, 11) is 0. The molecule has 0 spiro atoms. The lowest BCUT2D eigenvalue weighted by Crippen LogP contribution is -2.30. The summed E-state index contributed by atoms with van der Waals surface area (Å²) in [6.45, 7) is 6.62. The molecule has 1 atom stereocenters.